The highest BCUT2D eigenvalue weighted by molar-refractivity contribution is 8.05. The quantitative estimate of drug-likeness (QED) is 0.740. The van der Waals surface area contributed by atoms with Crippen LogP contribution >= 0.6 is 0 Å². The Balaban J connectivity index is 2.41. The number of alkyl halides is 4. The summed E-state index contributed by atoms with van der Waals surface area (Å²) in [5.74, 6) is -1.73. The van der Waals surface area contributed by atoms with Gasteiger partial charge in [-0.15, -0.1) is 0 Å². The second-order valence-electron chi connectivity index (χ2n) is 5.74. The molecule has 0 aliphatic carbocycles. The van der Waals surface area contributed by atoms with Crippen LogP contribution in [0.2, 0.25) is 0 Å². The Morgan fingerprint density at radius 2 is 1.96 bits per heavy atom. The number of oxime groups is 1. The van der Waals surface area contributed by atoms with Crippen LogP contribution in [0.4, 0.5) is 17.6 Å². The van der Waals surface area contributed by atoms with Gasteiger partial charge in [0.15, 0.2) is 14.9 Å². The van der Waals surface area contributed by atoms with E-state index >= 15 is 0 Å². The lowest BCUT2D eigenvalue weighted by molar-refractivity contribution is -0.0558. The van der Waals surface area contributed by atoms with E-state index in [-0.39, 0.29) is 11.5 Å². The molecule has 0 bridgehead atoms. The van der Waals surface area contributed by atoms with Crippen LogP contribution in [0.5, 0.6) is 5.88 Å². The van der Waals surface area contributed by atoms with Crippen molar-refractivity contribution in [1.82, 2.24) is 9.78 Å². The van der Waals surface area contributed by atoms with E-state index in [1.54, 1.807) is 13.8 Å². The van der Waals surface area contributed by atoms with Gasteiger partial charge in [-0.05, 0) is 13.8 Å². The van der Waals surface area contributed by atoms with Gasteiger partial charge in [0.1, 0.15) is 11.3 Å². The van der Waals surface area contributed by atoms with Crippen LogP contribution in [0.25, 0.3) is 0 Å². The number of aryl methyl sites for hydroxylation is 1. The summed E-state index contributed by atoms with van der Waals surface area (Å²) in [5.41, 5.74) is -2.42. The van der Waals surface area contributed by atoms with Crippen LogP contribution in [0.15, 0.2) is 5.16 Å². The highest BCUT2D eigenvalue weighted by Gasteiger charge is 2.38. The summed E-state index contributed by atoms with van der Waals surface area (Å²) < 4.78 is 80.7. The van der Waals surface area contributed by atoms with Gasteiger partial charge in [0.05, 0.1) is 11.3 Å². The summed E-state index contributed by atoms with van der Waals surface area (Å²) in [5, 5.41) is 6.48. The Hall–Kier alpha value is -1.85. The largest absolute Gasteiger partial charge is 0.417 e. The average Bonchev–Trinajstić information content (AvgIpc) is 2.92. The topological polar surface area (TPSA) is 82.8 Å². The zero-order valence-electron chi connectivity index (χ0n) is 13.0. The van der Waals surface area contributed by atoms with Gasteiger partial charge in [-0.25, -0.2) is 21.9 Å². The van der Waals surface area contributed by atoms with Crippen molar-refractivity contribution in [2.75, 3.05) is 0 Å². The molecule has 0 saturated heterocycles. The molecule has 136 valence electrons. The van der Waals surface area contributed by atoms with Crippen molar-refractivity contribution in [3.8, 4) is 5.88 Å². The van der Waals surface area contributed by atoms with Crippen molar-refractivity contribution < 1.29 is 35.6 Å². The Morgan fingerprint density at radius 3 is 2.42 bits per heavy atom. The SMILES string of the molecule is Cn1nc(C(F)F)c(CS(=O)(=O)C2=NOC(C)(C)C2)c1OC(F)F. The summed E-state index contributed by atoms with van der Waals surface area (Å²) in [4.78, 5) is 4.94. The van der Waals surface area contributed by atoms with E-state index in [2.05, 4.69) is 15.0 Å². The average molecular weight is 373 g/mol. The van der Waals surface area contributed by atoms with Crippen LogP contribution in [-0.4, -0.2) is 35.5 Å². The zero-order valence-corrected chi connectivity index (χ0v) is 13.8. The number of nitrogens with zero attached hydrogens (tertiary/aromatic N) is 3. The minimum Gasteiger partial charge on any atom is -0.417 e. The van der Waals surface area contributed by atoms with Crippen molar-refractivity contribution in [2.24, 2.45) is 12.2 Å². The third-order valence-corrected chi connectivity index (χ3v) is 4.80. The van der Waals surface area contributed by atoms with Crippen molar-refractivity contribution in [2.45, 2.75) is 44.7 Å². The van der Waals surface area contributed by atoms with Crippen LogP contribution in [0.3, 0.4) is 0 Å². The van der Waals surface area contributed by atoms with E-state index in [0.29, 0.717) is 4.68 Å². The molecule has 1 aliphatic heterocycles. The van der Waals surface area contributed by atoms with Gasteiger partial charge in [-0.2, -0.15) is 13.9 Å². The molecule has 0 aromatic carbocycles. The molecule has 24 heavy (non-hydrogen) atoms. The molecule has 2 rings (SSSR count). The number of rotatable bonds is 5. The van der Waals surface area contributed by atoms with E-state index in [0.717, 1.165) is 7.05 Å². The number of halogens is 4. The molecule has 0 radical (unpaired) electrons. The first kappa shape index (κ1) is 18.5. The lowest BCUT2D eigenvalue weighted by atomic mass is 10.1. The van der Waals surface area contributed by atoms with Gasteiger partial charge in [-0.1, -0.05) is 5.16 Å². The summed E-state index contributed by atoms with van der Waals surface area (Å²) in [7, 11) is -3.08. The molecule has 7 nitrogen and oxygen atoms in total. The van der Waals surface area contributed by atoms with Gasteiger partial charge in [0.2, 0.25) is 5.88 Å². The molecule has 12 heteroatoms. The van der Waals surface area contributed by atoms with Gasteiger partial charge < -0.3 is 9.57 Å². The fraction of sp³-hybridized carbons (Fsp3) is 0.667. The minimum absolute atomic E-state index is 0.0648. The van der Waals surface area contributed by atoms with E-state index in [1.807, 2.05) is 0 Å². The fourth-order valence-corrected chi connectivity index (χ4v) is 3.69. The predicted molar refractivity (Wildman–Crippen MR) is 74.6 cm³/mol. The smallest absolute Gasteiger partial charge is 0.388 e. The molecule has 1 aromatic heterocycles. The molecule has 0 unspecified atom stereocenters. The third-order valence-electron chi connectivity index (χ3n) is 3.19. The maximum absolute atomic E-state index is 13.1. The number of aromatic nitrogens is 2. The molecule has 0 spiro atoms. The standard InChI is InChI=1S/C12H15F4N3O4S/c1-12(2)4-7(18-23-12)24(20,21)5-6-8(9(13)14)17-19(3)10(6)22-11(15)16/h9,11H,4-5H2,1-3H3. The predicted octanol–water partition coefficient (Wildman–Crippen LogP) is 2.39. The summed E-state index contributed by atoms with van der Waals surface area (Å²) >= 11 is 0. The molecule has 0 atom stereocenters. The molecule has 0 fully saturated rings. The zero-order chi connectivity index (χ0) is 18.3. The van der Waals surface area contributed by atoms with Crippen LogP contribution < -0.4 is 4.74 Å². The second kappa shape index (κ2) is 6.22. The van der Waals surface area contributed by atoms with Crippen LogP contribution in [0, 0.1) is 0 Å². The Morgan fingerprint density at radius 1 is 1.33 bits per heavy atom. The van der Waals surface area contributed by atoms with Crippen LogP contribution in [-0.2, 0) is 27.5 Å². The van der Waals surface area contributed by atoms with Gasteiger partial charge >= 0.3 is 6.61 Å². The first-order valence-electron chi connectivity index (χ1n) is 6.69. The van der Waals surface area contributed by atoms with Crippen molar-refractivity contribution in [3.05, 3.63) is 11.3 Å². The fourth-order valence-electron chi connectivity index (χ4n) is 2.16. The first-order chi connectivity index (χ1) is 10.9. The molecule has 0 amide bonds. The van der Waals surface area contributed by atoms with E-state index in [1.165, 1.54) is 0 Å². The van der Waals surface area contributed by atoms with E-state index in [9.17, 15) is 26.0 Å². The molecule has 1 aliphatic rings. The van der Waals surface area contributed by atoms with Crippen molar-refractivity contribution in [1.29, 1.82) is 0 Å². The normalized spacial score (nSPS) is 17.3. The highest BCUT2D eigenvalue weighted by atomic mass is 32.2. The van der Waals surface area contributed by atoms with E-state index in [4.69, 9.17) is 4.84 Å². The van der Waals surface area contributed by atoms with Crippen LogP contribution in [0.1, 0.15) is 38.0 Å². The lowest BCUT2D eigenvalue weighted by Crippen LogP contribution is -2.23. The number of hydrogen-bond donors (Lipinski definition) is 0. The minimum atomic E-state index is -4.17. The maximum Gasteiger partial charge on any atom is 0.388 e. The number of ether oxygens (including phenoxy) is 1. The van der Waals surface area contributed by atoms with Gasteiger partial charge in [0, 0.05) is 13.5 Å². The summed E-state index contributed by atoms with van der Waals surface area (Å²) in [6.45, 7) is -0.128. The monoisotopic (exact) mass is 373 g/mol. The second-order valence-corrected chi connectivity index (χ2v) is 7.73. The van der Waals surface area contributed by atoms with Gasteiger partial charge in [0.25, 0.3) is 6.43 Å². The third kappa shape index (κ3) is 3.79. The first-order valence-corrected chi connectivity index (χ1v) is 8.35. The Bertz CT molecular complexity index is 759. The van der Waals surface area contributed by atoms with Crippen molar-refractivity contribution >= 4 is 14.9 Å². The number of hydrogen-bond acceptors (Lipinski definition) is 6. The van der Waals surface area contributed by atoms with E-state index < -0.39 is 51.4 Å². The van der Waals surface area contributed by atoms with Gasteiger partial charge in [-0.3, -0.25) is 0 Å². The summed E-state index contributed by atoms with van der Waals surface area (Å²) in [6, 6.07) is 0. The van der Waals surface area contributed by atoms with Crippen molar-refractivity contribution in [3.63, 3.8) is 0 Å². The maximum atomic E-state index is 13.1. The Kier molecular flexibility index (Phi) is 4.79. The number of sulfone groups is 1. The molecular formula is C12H15F4N3O4S. The lowest BCUT2D eigenvalue weighted by Gasteiger charge is -2.13. The highest BCUT2D eigenvalue weighted by Crippen LogP contribution is 2.33. The molecule has 0 saturated carbocycles. The molecular weight excluding hydrogens is 358 g/mol. The summed E-state index contributed by atoms with van der Waals surface area (Å²) in [6.07, 6.45) is -3.22. The molecule has 1 aromatic rings. The molecule has 2 heterocycles. The Labute approximate surface area is 135 Å². The molecule has 0 N–H and O–H groups in total.